The van der Waals surface area contributed by atoms with Crippen molar-refractivity contribution in [3.05, 3.63) is 33.8 Å². The van der Waals surface area contributed by atoms with E-state index in [0.717, 1.165) is 24.1 Å². The smallest absolute Gasteiger partial charge is 0.243 e. The van der Waals surface area contributed by atoms with Gasteiger partial charge in [0.25, 0.3) is 0 Å². The summed E-state index contributed by atoms with van der Waals surface area (Å²) in [5, 5.41) is 5.16. The van der Waals surface area contributed by atoms with Gasteiger partial charge in [-0.3, -0.25) is 4.79 Å². The lowest BCUT2D eigenvalue weighted by Gasteiger charge is -2.06. The van der Waals surface area contributed by atoms with Gasteiger partial charge >= 0.3 is 0 Å². The van der Waals surface area contributed by atoms with Crippen LogP contribution < -0.4 is 5.43 Å². The van der Waals surface area contributed by atoms with Crippen LogP contribution in [-0.2, 0) is 4.79 Å². The summed E-state index contributed by atoms with van der Waals surface area (Å²) < 4.78 is 0. The van der Waals surface area contributed by atoms with Gasteiger partial charge in [-0.05, 0) is 37.0 Å². The van der Waals surface area contributed by atoms with Gasteiger partial charge in [-0.15, -0.1) is 0 Å². The number of nitrogens with zero attached hydrogens (tertiary/aromatic N) is 1. The van der Waals surface area contributed by atoms with Gasteiger partial charge in [0, 0.05) is 5.92 Å². The van der Waals surface area contributed by atoms with E-state index >= 15 is 0 Å². The van der Waals surface area contributed by atoms with E-state index in [2.05, 4.69) is 10.5 Å². The zero-order chi connectivity index (χ0) is 13.1. The maximum Gasteiger partial charge on any atom is 0.243 e. The Balaban J connectivity index is 2.13. The van der Waals surface area contributed by atoms with E-state index < -0.39 is 0 Å². The summed E-state index contributed by atoms with van der Waals surface area (Å²) in [5.41, 5.74) is 4.27. The second kappa shape index (κ2) is 5.72. The molecule has 0 atom stereocenters. The molecule has 0 saturated heterocycles. The Hall–Kier alpha value is -1.06. The summed E-state index contributed by atoms with van der Waals surface area (Å²) in [6.07, 6.45) is 2.65. The zero-order valence-corrected chi connectivity index (χ0v) is 11.6. The van der Waals surface area contributed by atoms with Crippen LogP contribution in [0.4, 0.5) is 0 Å². The van der Waals surface area contributed by atoms with Gasteiger partial charge in [-0.1, -0.05) is 36.2 Å². The predicted molar refractivity (Wildman–Crippen MR) is 74.2 cm³/mol. The molecule has 96 valence electrons. The van der Waals surface area contributed by atoms with E-state index in [9.17, 15) is 4.79 Å². The fourth-order valence-electron chi connectivity index (χ4n) is 1.58. The third-order valence-corrected chi connectivity index (χ3v) is 3.58. The van der Waals surface area contributed by atoms with Crippen LogP contribution >= 0.6 is 23.2 Å². The van der Waals surface area contributed by atoms with Crippen LogP contribution in [-0.4, -0.2) is 11.6 Å². The lowest BCUT2D eigenvalue weighted by molar-refractivity contribution is -0.122. The average Bonchev–Trinajstić information content (AvgIpc) is 3.18. The number of rotatable bonds is 4. The summed E-state index contributed by atoms with van der Waals surface area (Å²) in [4.78, 5) is 11.5. The fourth-order valence-corrected chi connectivity index (χ4v) is 1.88. The molecule has 1 aliphatic carbocycles. The van der Waals surface area contributed by atoms with Crippen LogP contribution in [0.5, 0.6) is 0 Å². The van der Waals surface area contributed by atoms with Crippen molar-refractivity contribution in [2.75, 3.05) is 0 Å². The molecule has 2 rings (SSSR count). The van der Waals surface area contributed by atoms with Crippen molar-refractivity contribution in [3.63, 3.8) is 0 Å². The lowest BCUT2D eigenvalue weighted by atomic mass is 10.1. The second-order valence-electron chi connectivity index (χ2n) is 4.29. The van der Waals surface area contributed by atoms with E-state index in [4.69, 9.17) is 23.2 Å². The third-order valence-electron chi connectivity index (χ3n) is 2.84. The van der Waals surface area contributed by atoms with E-state index in [1.54, 1.807) is 12.1 Å². The molecular weight excluding hydrogens is 271 g/mol. The van der Waals surface area contributed by atoms with Gasteiger partial charge < -0.3 is 0 Å². The van der Waals surface area contributed by atoms with Crippen molar-refractivity contribution in [3.8, 4) is 0 Å². The average molecular weight is 285 g/mol. The van der Waals surface area contributed by atoms with Crippen LogP contribution in [0, 0.1) is 5.92 Å². The Kier molecular flexibility index (Phi) is 4.25. The Morgan fingerprint density at radius 1 is 1.39 bits per heavy atom. The first-order chi connectivity index (χ1) is 8.61. The van der Waals surface area contributed by atoms with Gasteiger partial charge in [0.15, 0.2) is 0 Å². The highest BCUT2D eigenvalue weighted by atomic mass is 35.5. The molecule has 3 nitrogen and oxygen atoms in total. The Morgan fingerprint density at radius 2 is 2.11 bits per heavy atom. The Morgan fingerprint density at radius 3 is 2.67 bits per heavy atom. The number of halogens is 2. The van der Waals surface area contributed by atoms with Crippen molar-refractivity contribution >= 4 is 34.8 Å². The lowest BCUT2D eigenvalue weighted by Crippen LogP contribution is -2.21. The molecule has 0 aromatic heterocycles. The maximum atomic E-state index is 11.5. The molecule has 0 bridgehead atoms. The number of amides is 1. The first-order valence-electron chi connectivity index (χ1n) is 5.93. The molecule has 1 fully saturated rings. The normalized spacial score (nSPS) is 15.6. The number of hydrazone groups is 1. The van der Waals surface area contributed by atoms with Crippen molar-refractivity contribution in [2.24, 2.45) is 11.0 Å². The van der Waals surface area contributed by atoms with E-state index in [1.807, 2.05) is 13.0 Å². The molecule has 1 aliphatic rings. The summed E-state index contributed by atoms with van der Waals surface area (Å²) in [6.45, 7) is 1.98. The van der Waals surface area contributed by atoms with Crippen LogP contribution in [0.3, 0.4) is 0 Å². The molecule has 0 unspecified atom stereocenters. The molecule has 1 amide bonds. The van der Waals surface area contributed by atoms with Crippen LogP contribution in [0.1, 0.15) is 31.7 Å². The number of nitrogens with one attached hydrogen (secondary N) is 1. The molecule has 0 radical (unpaired) electrons. The third kappa shape index (κ3) is 3.24. The minimum absolute atomic E-state index is 0.000936. The second-order valence-corrected chi connectivity index (χ2v) is 5.11. The van der Waals surface area contributed by atoms with Crippen molar-refractivity contribution in [1.82, 2.24) is 5.43 Å². The van der Waals surface area contributed by atoms with E-state index in [0.29, 0.717) is 16.5 Å². The molecular formula is C13H14Cl2N2O. The van der Waals surface area contributed by atoms with Gasteiger partial charge in [-0.25, -0.2) is 5.43 Å². The monoisotopic (exact) mass is 284 g/mol. The van der Waals surface area contributed by atoms with Crippen molar-refractivity contribution < 1.29 is 4.79 Å². The van der Waals surface area contributed by atoms with E-state index in [-0.39, 0.29) is 11.8 Å². The molecule has 18 heavy (non-hydrogen) atoms. The minimum Gasteiger partial charge on any atom is -0.273 e. The molecule has 1 aromatic rings. The number of hydrogen-bond donors (Lipinski definition) is 1. The zero-order valence-electron chi connectivity index (χ0n) is 10.0. The van der Waals surface area contributed by atoms with Crippen LogP contribution in [0.25, 0.3) is 0 Å². The number of hydrogen-bond acceptors (Lipinski definition) is 2. The minimum atomic E-state index is 0.000936. The molecule has 5 heteroatoms. The van der Waals surface area contributed by atoms with E-state index in [1.165, 1.54) is 0 Å². The van der Waals surface area contributed by atoms with Gasteiger partial charge in [-0.2, -0.15) is 5.10 Å². The molecule has 0 aliphatic heterocycles. The van der Waals surface area contributed by atoms with Gasteiger partial charge in [0.05, 0.1) is 15.8 Å². The highest BCUT2D eigenvalue weighted by Gasteiger charge is 2.29. The molecule has 1 aromatic carbocycles. The highest BCUT2D eigenvalue weighted by Crippen LogP contribution is 2.28. The molecule has 1 saturated carbocycles. The number of carbonyl (C=O) groups is 1. The van der Waals surface area contributed by atoms with Crippen molar-refractivity contribution in [1.29, 1.82) is 0 Å². The summed E-state index contributed by atoms with van der Waals surface area (Å²) in [6, 6.07) is 5.34. The topological polar surface area (TPSA) is 41.5 Å². The number of benzene rings is 1. The van der Waals surface area contributed by atoms with Gasteiger partial charge in [0.1, 0.15) is 0 Å². The number of carbonyl (C=O) groups excluding carboxylic acids is 1. The first kappa shape index (κ1) is 13.4. The summed E-state index contributed by atoms with van der Waals surface area (Å²) in [7, 11) is 0. The maximum absolute atomic E-state index is 11.5. The Labute approximate surface area is 116 Å². The standard InChI is InChI=1S/C13H14Cl2N2O/c1-2-12(16-17-13(18)8-3-4-8)9-5-6-10(14)11(15)7-9/h5-8H,2-4H2,1H3,(H,17,18)/b16-12-. The molecule has 0 heterocycles. The Bertz CT molecular complexity index is 496. The van der Waals surface area contributed by atoms with Crippen LogP contribution in [0.2, 0.25) is 10.0 Å². The van der Waals surface area contributed by atoms with Crippen LogP contribution in [0.15, 0.2) is 23.3 Å². The predicted octanol–water partition coefficient (Wildman–Crippen LogP) is 3.63. The summed E-state index contributed by atoms with van der Waals surface area (Å²) in [5.74, 6) is 0.154. The SMILES string of the molecule is CC/C(=N/NC(=O)C1CC1)c1ccc(Cl)c(Cl)c1. The molecule has 0 spiro atoms. The van der Waals surface area contributed by atoms with Gasteiger partial charge in [0.2, 0.25) is 5.91 Å². The fraction of sp³-hybridized carbons (Fsp3) is 0.385. The first-order valence-corrected chi connectivity index (χ1v) is 6.69. The highest BCUT2D eigenvalue weighted by molar-refractivity contribution is 6.42. The quantitative estimate of drug-likeness (QED) is 0.666. The summed E-state index contributed by atoms with van der Waals surface area (Å²) >= 11 is 11.8. The van der Waals surface area contributed by atoms with Crippen molar-refractivity contribution in [2.45, 2.75) is 26.2 Å². The molecule has 1 N–H and O–H groups in total. The largest absolute Gasteiger partial charge is 0.273 e.